The van der Waals surface area contributed by atoms with Crippen molar-refractivity contribution in [2.75, 3.05) is 7.11 Å². The maximum Gasteiger partial charge on any atom is 0.348 e. The Kier molecular flexibility index (Phi) is 6.00. The van der Waals surface area contributed by atoms with Crippen LogP contribution in [0.25, 0.3) is 0 Å². The molecule has 0 aromatic carbocycles. The number of thiophene rings is 1. The molecule has 0 aliphatic heterocycles. The SMILES string of the molecule is C/C=C(/C(=O)OC)[C@H]1[C@H](O)[C@H](OC(=O)c2cccs2)[C@](C)(O)[C@H]1C(C)=O. The van der Waals surface area contributed by atoms with Gasteiger partial charge in [-0.1, -0.05) is 12.1 Å². The summed E-state index contributed by atoms with van der Waals surface area (Å²) in [6, 6.07) is 3.22. The van der Waals surface area contributed by atoms with Gasteiger partial charge in [0.25, 0.3) is 0 Å². The third-order valence-corrected chi connectivity index (χ3v) is 5.58. The Morgan fingerprint density at radius 2 is 2.00 bits per heavy atom. The summed E-state index contributed by atoms with van der Waals surface area (Å²) in [5.74, 6) is -4.06. The molecule has 1 aromatic heterocycles. The Hall–Kier alpha value is -2.03. The van der Waals surface area contributed by atoms with Crippen LogP contribution in [0.1, 0.15) is 30.4 Å². The number of rotatable bonds is 5. The zero-order chi connectivity index (χ0) is 19.6. The van der Waals surface area contributed by atoms with E-state index >= 15 is 0 Å². The van der Waals surface area contributed by atoms with Gasteiger partial charge in [0.1, 0.15) is 22.4 Å². The number of hydrogen-bond acceptors (Lipinski definition) is 8. The van der Waals surface area contributed by atoms with Crippen molar-refractivity contribution < 1.29 is 34.1 Å². The van der Waals surface area contributed by atoms with Crippen molar-refractivity contribution in [3.63, 3.8) is 0 Å². The topological polar surface area (TPSA) is 110 Å². The van der Waals surface area contributed by atoms with Crippen LogP contribution in [0.5, 0.6) is 0 Å². The predicted octanol–water partition coefficient (Wildman–Crippen LogP) is 1.34. The second-order valence-electron chi connectivity index (χ2n) is 6.37. The van der Waals surface area contributed by atoms with E-state index in [1.807, 2.05) is 0 Å². The maximum atomic E-state index is 12.3. The van der Waals surface area contributed by atoms with Crippen molar-refractivity contribution in [2.24, 2.45) is 11.8 Å². The third kappa shape index (κ3) is 3.44. The minimum absolute atomic E-state index is 0.0511. The predicted molar refractivity (Wildman–Crippen MR) is 93.6 cm³/mol. The van der Waals surface area contributed by atoms with Crippen LogP contribution < -0.4 is 0 Å². The molecule has 142 valence electrons. The lowest BCUT2D eigenvalue weighted by Crippen LogP contribution is -2.47. The molecule has 1 heterocycles. The number of carbonyl (C=O) groups is 3. The Balaban J connectivity index is 2.43. The lowest BCUT2D eigenvalue weighted by molar-refractivity contribution is -0.138. The molecule has 0 bridgehead atoms. The first-order chi connectivity index (χ1) is 12.2. The van der Waals surface area contributed by atoms with Crippen molar-refractivity contribution in [1.29, 1.82) is 0 Å². The van der Waals surface area contributed by atoms with E-state index in [0.29, 0.717) is 4.88 Å². The van der Waals surface area contributed by atoms with Gasteiger partial charge in [-0.2, -0.15) is 0 Å². The number of aliphatic hydroxyl groups excluding tert-OH is 1. The highest BCUT2D eigenvalue weighted by molar-refractivity contribution is 7.11. The van der Waals surface area contributed by atoms with Crippen LogP contribution in [-0.2, 0) is 19.1 Å². The van der Waals surface area contributed by atoms with Gasteiger partial charge < -0.3 is 19.7 Å². The number of allylic oxidation sites excluding steroid dienone is 1. The summed E-state index contributed by atoms with van der Waals surface area (Å²) in [6.07, 6.45) is -1.40. The van der Waals surface area contributed by atoms with Gasteiger partial charge in [0.15, 0.2) is 6.10 Å². The second kappa shape index (κ2) is 7.69. The fraction of sp³-hybridized carbons (Fsp3) is 0.500. The van der Waals surface area contributed by atoms with Crippen LogP contribution in [-0.4, -0.2) is 52.9 Å². The Labute approximate surface area is 155 Å². The molecule has 8 heteroatoms. The summed E-state index contributed by atoms with van der Waals surface area (Å²) < 4.78 is 10.1. The van der Waals surface area contributed by atoms with Gasteiger partial charge in [-0.05, 0) is 32.2 Å². The second-order valence-corrected chi connectivity index (χ2v) is 7.32. The molecule has 1 aromatic rings. The van der Waals surface area contributed by atoms with E-state index in [1.165, 1.54) is 27.0 Å². The van der Waals surface area contributed by atoms with E-state index in [-0.39, 0.29) is 5.57 Å². The number of aliphatic hydroxyl groups is 2. The zero-order valence-electron chi connectivity index (χ0n) is 15.0. The van der Waals surface area contributed by atoms with Crippen molar-refractivity contribution in [3.8, 4) is 0 Å². The fourth-order valence-electron chi connectivity index (χ4n) is 3.62. The van der Waals surface area contributed by atoms with Crippen LogP contribution in [0.15, 0.2) is 29.2 Å². The molecule has 1 aliphatic rings. The van der Waals surface area contributed by atoms with E-state index in [1.54, 1.807) is 24.4 Å². The number of methoxy groups -OCH3 is 1. The van der Waals surface area contributed by atoms with Crippen molar-refractivity contribution in [2.45, 2.75) is 38.6 Å². The number of esters is 2. The fourth-order valence-corrected chi connectivity index (χ4v) is 4.23. The molecule has 0 spiro atoms. The van der Waals surface area contributed by atoms with Gasteiger partial charge in [-0.15, -0.1) is 11.3 Å². The van der Waals surface area contributed by atoms with Gasteiger partial charge in [0.2, 0.25) is 0 Å². The number of hydrogen-bond donors (Lipinski definition) is 2. The Bertz CT molecular complexity index is 720. The minimum atomic E-state index is -1.86. The highest BCUT2D eigenvalue weighted by Crippen LogP contribution is 2.46. The largest absolute Gasteiger partial charge is 0.466 e. The summed E-state index contributed by atoms with van der Waals surface area (Å²) in [5, 5.41) is 23.4. The van der Waals surface area contributed by atoms with Crippen molar-refractivity contribution in [3.05, 3.63) is 34.0 Å². The molecule has 2 N–H and O–H groups in total. The number of carbonyl (C=O) groups excluding carboxylic acids is 3. The van der Waals surface area contributed by atoms with Crippen LogP contribution in [0.4, 0.5) is 0 Å². The summed E-state index contributed by atoms with van der Waals surface area (Å²) in [6.45, 7) is 4.14. The molecular weight excluding hydrogens is 360 g/mol. The normalized spacial score (nSPS) is 31.5. The van der Waals surface area contributed by atoms with Gasteiger partial charge in [0.05, 0.1) is 13.0 Å². The van der Waals surface area contributed by atoms with E-state index < -0.39 is 47.4 Å². The molecule has 0 saturated heterocycles. The smallest absolute Gasteiger partial charge is 0.348 e. The van der Waals surface area contributed by atoms with E-state index in [2.05, 4.69) is 0 Å². The summed E-state index contributed by atoms with van der Waals surface area (Å²) in [7, 11) is 1.18. The van der Waals surface area contributed by atoms with Gasteiger partial charge in [-0.25, -0.2) is 9.59 Å². The molecule has 7 nitrogen and oxygen atoms in total. The monoisotopic (exact) mass is 382 g/mol. The number of ether oxygens (including phenoxy) is 2. The van der Waals surface area contributed by atoms with Crippen LogP contribution in [0.2, 0.25) is 0 Å². The Morgan fingerprint density at radius 1 is 1.35 bits per heavy atom. The quantitative estimate of drug-likeness (QED) is 0.584. The third-order valence-electron chi connectivity index (χ3n) is 4.73. The molecule has 1 aliphatic carbocycles. The molecule has 1 fully saturated rings. The first kappa shape index (κ1) is 20.3. The van der Waals surface area contributed by atoms with E-state index in [9.17, 15) is 24.6 Å². The highest BCUT2D eigenvalue weighted by atomic mass is 32.1. The van der Waals surface area contributed by atoms with Crippen molar-refractivity contribution in [1.82, 2.24) is 0 Å². The van der Waals surface area contributed by atoms with Crippen LogP contribution in [0, 0.1) is 11.8 Å². The summed E-state index contributed by atoms with van der Waals surface area (Å²) in [5.41, 5.74) is -1.80. The average Bonchev–Trinajstić information content (AvgIpc) is 3.17. The van der Waals surface area contributed by atoms with Crippen molar-refractivity contribution >= 4 is 29.1 Å². The molecule has 0 unspecified atom stereocenters. The molecule has 0 radical (unpaired) electrons. The molecule has 1 saturated carbocycles. The van der Waals surface area contributed by atoms with Gasteiger partial charge >= 0.3 is 11.9 Å². The van der Waals surface area contributed by atoms with E-state index in [0.717, 1.165) is 11.3 Å². The van der Waals surface area contributed by atoms with E-state index in [4.69, 9.17) is 9.47 Å². The maximum absolute atomic E-state index is 12.3. The molecule has 2 rings (SSSR count). The Morgan fingerprint density at radius 3 is 2.46 bits per heavy atom. The zero-order valence-corrected chi connectivity index (χ0v) is 15.8. The molecule has 0 amide bonds. The molecular formula is C18H22O7S. The standard InChI is InChI=1S/C18H22O7S/c1-5-10(16(21)24-4)12-13(9(2)19)18(3,23)15(14(12)20)25-17(22)11-7-6-8-26-11/h5-8,12-15,20,23H,1-4H3/b10-5+/t12-,13+,14+,15+,18-/m1/s1. The van der Waals surface area contributed by atoms with Crippen LogP contribution in [0.3, 0.4) is 0 Å². The van der Waals surface area contributed by atoms with Crippen LogP contribution >= 0.6 is 11.3 Å². The molecule has 26 heavy (non-hydrogen) atoms. The number of ketones is 1. The first-order valence-corrected chi connectivity index (χ1v) is 8.94. The summed E-state index contributed by atoms with van der Waals surface area (Å²) >= 11 is 1.15. The first-order valence-electron chi connectivity index (χ1n) is 8.06. The minimum Gasteiger partial charge on any atom is -0.466 e. The van der Waals surface area contributed by atoms with Gasteiger partial charge in [-0.3, -0.25) is 4.79 Å². The summed E-state index contributed by atoms with van der Waals surface area (Å²) in [4.78, 5) is 36.9. The highest BCUT2D eigenvalue weighted by Gasteiger charge is 2.62. The number of Topliss-reactive ketones (excluding diaryl/α,β-unsaturated/α-hetero) is 1. The lowest BCUT2D eigenvalue weighted by atomic mass is 9.79. The molecule has 5 atom stereocenters. The van der Waals surface area contributed by atoms with Gasteiger partial charge in [0, 0.05) is 11.5 Å². The lowest BCUT2D eigenvalue weighted by Gasteiger charge is -2.30. The average molecular weight is 382 g/mol.